The molecular weight excluding hydrogens is 326 g/mol. The average Bonchev–Trinajstić information content (AvgIpc) is 3.29. The summed E-state index contributed by atoms with van der Waals surface area (Å²) in [7, 11) is 1.70. The van der Waals surface area contributed by atoms with Gasteiger partial charge >= 0.3 is 5.97 Å². The van der Waals surface area contributed by atoms with E-state index in [-0.39, 0.29) is 6.04 Å². The molecule has 0 unspecified atom stereocenters. The first-order chi connectivity index (χ1) is 12.7. The van der Waals surface area contributed by atoms with Gasteiger partial charge < -0.3 is 15.2 Å². The third-order valence-corrected chi connectivity index (χ3v) is 6.79. The highest BCUT2D eigenvalue weighted by molar-refractivity contribution is 5.88. The molecular formula is C22H23NO3. The molecule has 26 heavy (non-hydrogen) atoms. The molecule has 5 rings (SSSR count). The Bertz CT molecular complexity index is 877. The second-order valence-corrected chi connectivity index (χ2v) is 7.94. The van der Waals surface area contributed by atoms with E-state index in [9.17, 15) is 9.90 Å². The molecule has 4 nitrogen and oxygen atoms in total. The summed E-state index contributed by atoms with van der Waals surface area (Å²) in [4.78, 5) is 11.5. The van der Waals surface area contributed by atoms with Gasteiger partial charge in [0, 0.05) is 5.69 Å². The van der Waals surface area contributed by atoms with E-state index in [1.54, 1.807) is 13.2 Å². The zero-order chi connectivity index (χ0) is 17.8. The molecule has 0 spiro atoms. The number of fused-ring (bicyclic) bond motifs is 7. The molecule has 2 N–H and O–H groups in total. The minimum absolute atomic E-state index is 0.258. The minimum atomic E-state index is -0.845. The van der Waals surface area contributed by atoms with Gasteiger partial charge in [-0.1, -0.05) is 12.1 Å². The monoisotopic (exact) mass is 349 g/mol. The minimum Gasteiger partial charge on any atom is -0.497 e. The van der Waals surface area contributed by atoms with Crippen molar-refractivity contribution in [2.45, 2.75) is 31.2 Å². The van der Waals surface area contributed by atoms with Gasteiger partial charge in [-0.15, -0.1) is 0 Å². The molecule has 0 radical (unpaired) electrons. The van der Waals surface area contributed by atoms with E-state index in [0.717, 1.165) is 17.4 Å². The van der Waals surface area contributed by atoms with Crippen molar-refractivity contribution in [2.24, 2.45) is 17.8 Å². The molecule has 5 atom stereocenters. The van der Waals surface area contributed by atoms with Crippen LogP contribution in [0.2, 0.25) is 0 Å². The number of methoxy groups -OCH3 is 1. The molecule has 2 fully saturated rings. The van der Waals surface area contributed by atoms with Crippen molar-refractivity contribution in [1.29, 1.82) is 0 Å². The SMILES string of the molecule is COc1cccc([C@H]2Nc3ccc(C(=O)O)cc3[C@H]3[C@H]4CC[C@H](C4)[C@@H]32)c1. The zero-order valence-corrected chi connectivity index (χ0v) is 14.8. The summed E-state index contributed by atoms with van der Waals surface area (Å²) in [6, 6.07) is 14.2. The predicted octanol–water partition coefficient (Wildman–Crippen LogP) is 4.69. The van der Waals surface area contributed by atoms with Crippen LogP contribution in [0.5, 0.6) is 5.75 Å². The van der Waals surface area contributed by atoms with E-state index >= 15 is 0 Å². The quantitative estimate of drug-likeness (QED) is 0.844. The molecule has 3 aliphatic rings. The molecule has 2 saturated carbocycles. The lowest BCUT2D eigenvalue weighted by molar-refractivity contribution is 0.0696. The van der Waals surface area contributed by atoms with Crippen molar-refractivity contribution < 1.29 is 14.6 Å². The molecule has 1 heterocycles. The van der Waals surface area contributed by atoms with Crippen LogP contribution in [0.1, 0.15) is 52.7 Å². The molecule has 0 aromatic heterocycles. The number of carboxylic acid groups (broad SMARTS) is 1. The smallest absolute Gasteiger partial charge is 0.335 e. The lowest BCUT2D eigenvalue weighted by Gasteiger charge is -2.43. The van der Waals surface area contributed by atoms with Crippen LogP contribution in [0.4, 0.5) is 5.69 Å². The third kappa shape index (κ3) is 2.24. The highest BCUT2D eigenvalue weighted by atomic mass is 16.5. The molecule has 2 aliphatic carbocycles. The van der Waals surface area contributed by atoms with Crippen molar-refractivity contribution in [3.8, 4) is 5.75 Å². The van der Waals surface area contributed by atoms with Gasteiger partial charge in [-0.25, -0.2) is 4.79 Å². The summed E-state index contributed by atoms with van der Waals surface area (Å²) in [5, 5.41) is 13.2. The van der Waals surface area contributed by atoms with E-state index in [2.05, 4.69) is 23.5 Å². The van der Waals surface area contributed by atoms with Gasteiger partial charge in [-0.3, -0.25) is 0 Å². The summed E-state index contributed by atoms with van der Waals surface area (Å²) in [5.74, 6) is 2.43. The fourth-order valence-electron chi connectivity index (χ4n) is 5.78. The van der Waals surface area contributed by atoms with Crippen molar-refractivity contribution in [1.82, 2.24) is 0 Å². The molecule has 2 aromatic rings. The molecule has 134 valence electrons. The highest BCUT2D eigenvalue weighted by Crippen LogP contribution is 2.63. The first kappa shape index (κ1) is 15.7. The van der Waals surface area contributed by atoms with E-state index in [0.29, 0.717) is 23.3 Å². The number of carboxylic acids is 1. The summed E-state index contributed by atoms with van der Waals surface area (Å²) in [5.41, 5.74) is 3.96. The summed E-state index contributed by atoms with van der Waals surface area (Å²) in [6.45, 7) is 0. The van der Waals surface area contributed by atoms with Gasteiger partial charge in [0.25, 0.3) is 0 Å². The maximum absolute atomic E-state index is 11.5. The number of hydrogen-bond acceptors (Lipinski definition) is 3. The summed E-state index contributed by atoms with van der Waals surface area (Å²) < 4.78 is 5.44. The largest absolute Gasteiger partial charge is 0.497 e. The maximum Gasteiger partial charge on any atom is 0.335 e. The Morgan fingerprint density at radius 3 is 2.81 bits per heavy atom. The number of ether oxygens (including phenoxy) is 1. The van der Waals surface area contributed by atoms with Crippen LogP contribution in [0.15, 0.2) is 42.5 Å². The second-order valence-electron chi connectivity index (χ2n) is 7.94. The lowest BCUT2D eigenvalue weighted by Crippen LogP contribution is -2.35. The number of rotatable bonds is 3. The fourth-order valence-corrected chi connectivity index (χ4v) is 5.78. The van der Waals surface area contributed by atoms with Crippen LogP contribution in [-0.4, -0.2) is 18.2 Å². The Balaban J connectivity index is 1.62. The maximum atomic E-state index is 11.5. The number of carbonyl (C=O) groups is 1. The number of benzene rings is 2. The van der Waals surface area contributed by atoms with Gasteiger partial charge in [-0.2, -0.15) is 0 Å². The van der Waals surface area contributed by atoms with Crippen molar-refractivity contribution in [3.05, 3.63) is 59.2 Å². The van der Waals surface area contributed by atoms with Crippen molar-refractivity contribution in [3.63, 3.8) is 0 Å². The highest BCUT2D eigenvalue weighted by Gasteiger charge is 2.53. The third-order valence-electron chi connectivity index (χ3n) is 6.79. The first-order valence-corrected chi connectivity index (χ1v) is 9.43. The number of aromatic carboxylic acids is 1. The Labute approximate surface area is 153 Å². The predicted molar refractivity (Wildman–Crippen MR) is 99.8 cm³/mol. The number of hydrogen-bond donors (Lipinski definition) is 2. The topological polar surface area (TPSA) is 58.6 Å². The molecule has 0 amide bonds. The van der Waals surface area contributed by atoms with Gasteiger partial charge in [0.2, 0.25) is 0 Å². The van der Waals surface area contributed by atoms with Crippen LogP contribution in [0, 0.1) is 17.8 Å². The first-order valence-electron chi connectivity index (χ1n) is 9.43. The van der Waals surface area contributed by atoms with Crippen LogP contribution in [0.3, 0.4) is 0 Å². The normalized spacial score (nSPS) is 31.0. The van der Waals surface area contributed by atoms with Crippen LogP contribution in [0.25, 0.3) is 0 Å². The second kappa shape index (κ2) is 5.76. The van der Waals surface area contributed by atoms with Crippen molar-refractivity contribution >= 4 is 11.7 Å². The molecule has 0 saturated heterocycles. The van der Waals surface area contributed by atoms with Gasteiger partial charge in [0.15, 0.2) is 0 Å². The van der Waals surface area contributed by atoms with E-state index < -0.39 is 5.97 Å². The standard InChI is InChI=1S/C22H23NO3/c1-26-16-4-2-3-14(10-16)21-20-13-6-5-12(9-13)19(20)17-11-15(22(24)25)7-8-18(17)23-21/h2-4,7-8,10-13,19-21,23H,5-6,9H2,1H3,(H,24,25)/t12-,13+,19+,20-,21+/m0/s1. The Hall–Kier alpha value is -2.49. The van der Waals surface area contributed by atoms with Crippen LogP contribution in [-0.2, 0) is 0 Å². The fraction of sp³-hybridized carbons (Fsp3) is 0.409. The Kier molecular flexibility index (Phi) is 3.49. The van der Waals surface area contributed by atoms with E-state index in [4.69, 9.17) is 4.74 Å². The van der Waals surface area contributed by atoms with Gasteiger partial charge in [0.1, 0.15) is 5.75 Å². The summed E-state index contributed by atoms with van der Waals surface area (Å²) >= 11 is 0. The van der Waals surface area contributed by atoms with Gasteiger partial charge in [-0.05, 0) is 84.4 Å². The van der Waals surface area contributed by atoms with Crippen molar-refractivity contribution in [2.75, 3.05) is 12.4 Å². The van der Waals surface area contributed by atoms with E-state index in [1.807, 2.05) is 18.2 Å². The molecule has 1 aliphatic heterocycles. The van der Waals surface area contributed by atoms with Crippen LogP contribution >= 0.6 is 0 Å². The Morgan fingerprint density at radius 1 is 1.15 bits per heavy atom. The molecule has 4 heteroatoms. The summed E-state index contributed by atoms with van der Waals surface area (Å²) in [6.07, 6.45) is 3.84. The van der Waals surface area contributed by atoms with Crippen LogP contribution < -0.4 is 10.1 Å². The lowest BCUT2D eigenvalue weighted by atomic mass is 9.68. The number of anilines is 1. The molecule has 2 bridgehead atoms. The van der Waals surface area contributed by atoms with Gasteiger partial charge in [0.05, 0.1) is 18.7 Å². The molecule has 2 aromatic carbocycles. The Morgan fingerprint density at radius 2 is 2.00 bits per heavy atom. The zero-order valence-electron chi connectivity index (χ0n) is 14.8. The average molecular weight is 349 g/mol. The van der Waals surface area contributed by atoms with E-state index in [1.165, 1.54) is 30.4 Å². The number of nitrogens with one attached hydrogen (secondary N) is 1.